The molecule has 0 saturated carbocycles. The Bertz CT molecular complexity index is 727. The quantitative estimate of drug-likeness (QED) is 0.885. The summed E-state index contributed by atoms with van der Waals surface area (Å²) in [5.74, 6) is -0.217. The zero-order valence-corrected chi connectivity index (χ0v) is 12.7. The fourth-order valence-electron chi connectivity index (χ4n) is 2.80. The zero-order valence-electron chi connectivity index (χ0n) is 12.7. The first-order valence-electron chi connectivity index (χ1n) is 7.26. The van der Waals surface area contributed by atoms with Crippen LogP contribution in [0, 0.1) is 6.92 Å². The number of imide groups is 1. The molecule has 3 rings (SSSR count). The van der Waals surface area contributed by atoms with E-state index in [1.807, 2.05) is 61.5 Å². The van der Waals surface area contributed by atoms with Crippen LogP contribution >= 0.6 is 0 Å². The second kappa shape index (κ2) is 5.30. The number of hydrogen-bond acceptors (Lipinski definition) is 2. The van der Waals surface area contributed by atoms with Crippen LogP contribution in [0.5, 0.6) is 0 Å². The molecule has 1 aliphatic rings. The standard InChI is InChI=1S/C18H18N2O2/c1-13-7-6-8-14(11-13)12-20-16(21)18(2,19-17(20)22)15-9-4-3-5-10-15/h3-11H,12H2,1-2H3,(H,19,22)/t18-/m1/s1. The van der Waals surface area contributed by atoms with Crippen LogP contribution in [0.25, 0.3) is 0 Å². The Labute approximate surface area is 129 Å². The minimum absolute atomic E-state index is 0.217. The highest BCUT2D eigenvalue weighted by molar-refractivity contribution is 6.07. The van der Waals surface area contributed by atoms with Crippen LogP contribution in [0.3, 0.4) is 0 Å². The lowest BCUT2D eigenvalue weighted by Crippen LogP contribution is -2.40. The van der Waals surface area contributed by atoms with Crippen LogP contribution in [0.2, 0.25) is 0 Å². The fraction of sp³-hybridized carbons (Fsp3) is 0.222. The largest absolute Gasteiger partial charge is 0.325 e. The normalized spacial score (nSPS) is 21.1. The summed E-state index contributed by atoms with van der Waals surface area (Å²) < 4.78 is 0. The lowest BCUT2D eigenvalue weighted by atomic mass is 9.92. The molecule has 22 heavy (non-hydrogen) atoms. The second-order valence-electron chi connectivity index (χ2n) is 5.80. The number of carbonyl (C=O) groups is 2. The van der Waals surface area contributed by atoms with Crippen LogP contribution in [0.4, 0.5) is 4.79 Å². The molecule has 1 saturated heterocycles. The first-order valence-corrected chi connectivity index (χ1v) is 7.26. The maximum Gasteiger partial charge on any atom is 0.325 e. The van der Waals surface area contributed by atoms with Gasteiger partial charge < -0.3 is 5.32 Å². The second-order valence-corrected chi connectivity index (χ2v) is 5.80. The molecular formula is C18H18N2O2. The number of nitrogens with one attached hydrogen (secondary N) is 1. The van der Waals surface area contributed by atoms with E-state index < -0.39 is 5.54 Å². The Hall–Kier alpha value is -2.62. The summed E-state index contributed by atoms with van der Waals surface area (Å²) in [5, 5.41) is 2.82. The Balaban J connectivity index is 1.89. The van der Waals surface area contributed by atoms with E-state index in [2.05, 4.69) is 5.32 Å². The summed E-state index contributed by atoms with van der Waals surface area (Å²) in [6, 6.07) is 16.8. The molecule has 0 unspecified atom stereocenters. The molecule has 4 nitrogen and oxygen atoms in total. The monoisotopic (exact) mass is 294 g/mol. The zero-order chi connectivity index (χ0) is 15.7. The number of benzene rings is 2. The molecule has 1 heterocycles. The molecule has 1 atom stereocenters. The summed E-state index contributed by atoms with van der Waals surface area (Å²) in [4.78, 5) is 26.3. The van der Waals surface area contributed by atoms with Crippen LogP contribution in [-0.4, -0.2) is 16.8 Å². The summed E-state index contributed by atoms with van der Waals surface area (Å²) in [7, 11) is 0. The number of urea groups is 1. The molecule has 0 radical (unpaired) electrons. The van der Waals surface area contributed by atoms with E-state index in [0.717, 1.165) is 16.7 Å². The molecule has 3 amide bonds. The van der Waals surface area contributed by atoms with Crippen molar-refractivity contribution in [2.45, 2.75) is 25.9 Å². The first kappa shape index (κ1) is 14.3. The predicted octanol–water partition coefficient (Wildman–Crippen LogP) is 2.96. The first-order chi connectivity index (χ1) is 10.5. The molecule has 1 N–H and O–H groups in total. The molecule has 2 aromatic carbocycles. The smallest absolute Gasteiger partial charge is 0.319 e. The predicted molar refractivity (Wildman–Crippen MR) is 84.1 cm³/mol. The minimum atomic E-state index is -0.998. The summed E-state index contributed by atoms with van der Waals surface area (Å²) >= 11 is 0. The lowest BCUT2D eigenvalue weighted by molar-refractivity contribution is -0.131. The molecule has 1 fully saturated rings. The van der Waals surface area contributed by atoms with Gasteiger partial charge in [0.15, 0.2) is 0 Å². The molecule has 0 bridgehead atoms. The number of amides is 3. The van der Waals surface area contributed by atoms with Crippen LogP contribution in [-0.2, 0) is 16.9 Å². The Morgan fingerprint density at radius 2 is 1.77 bits per heavy atom. The van der Waals surface area contributed by atoms with Crippen molar-refractivity contribution in [1.82, 2.24) is 10.2 Å². The van der Waals surface area contributed by atoms with Crippen LogP contribution < -0.4 is 5.32 Å². The van der Waals surface area contributed by atoms with Crippen molar-refractivity contribution in [2.75, 3.05) is 0 Å². The minimum Gasteiger partial charge on any atom is -0.319 e. The summed E-state index contributed by atoms with van der Waals surface area (Å²) in [6.07, 6.45) is 0. The molecule has 0 spiro atoms. The van der Waals surface area contributed by atoms with Gasteiger partial charge >= 0.3 is 6.03 Å². The molecule has 0 aliphatic carbocycles. The number of nitrogens with zero attached hydrogens (tertiary/aromatic N) is 1. The van der Waals surface area contributed by atoms with E-state index in [4.69, 9.17) is 0 Å². The average Bonchev–Trinajstić information content (AvgIpc) is 2.73. The van der Waals surface area contributed by atoms with Gasteiger partial charge in [-0.1, -0.05) is 60.2 Å². The summed E-state index contributed by atoms with van der Waals surface area (Å²) in [5.41, 5.74) is 1.85. The van der Waals surface area contributed by atoms with Crippen molar-refractivity contribution in [3.63, 3.8) is 0 Å². The van der Waals surface area contributed by atoms with Crippen molar-refractivity contribution in [1.29, 1.82) is 0 Å². The van der Waals surface area contributed by atoms with Gasteiger partial charge in [0.1, 0.15) is 5.54 Å². The molecule has 2 aromatic rings. The highest BCUT2D eigenvalue weighted by atomic mass is 16.2. The van der Waals surface area contributed by atoms with Crippen molar-refractivity contribution in [3.8, 4) is 0 Å². The van der Waals surface area contributed by atoms with Crippen LogP contribution in [0.15, 0.2) is 54.6 Å². The highest BCUT2D eigenvalue weighted by Gasteiger charge is 2.48. The van der Waals surface area contributed by atoms with Gasteiger partial charge in [0.25, 0.3) is 5.91 Å². The van der Waals surface area contributed by atoms with Gasteiger partial charge in [-0.25, -0.2) is 4.79 Å². The third-order valence-corrected chi connectivity index (χ3v) is 4.05. The maximum absolute atomic E-state index is 12.8. The third-order valence-electron chi connectivity index (χ3n) is 4.05. The summed E-state index contributed by atoms with van der Waals surface area (Å²) in [6.45, 7) is 4.02. The third kappa shape index (κ3) is 2.37. The topological polar surface area (TPSA) is 49.4 Å². The Morgan fingerprint density at radius 3 is 2.45 bits per heavy atom. The highest BCUT2D eigenvalue weighted by Crippen LogP contribution is 2.29. The average molecular weight is 294 g/mol. The van der Waals surface area contributed by atoms with Crippen molar-refractivity contribution in [2.24, 2.45) is 0 Å². The van der Waals surface area contributed by atoms with Gasteiger partial charge in [-0.3, -0.25) is 9.69 Å². The van der Waals surface area contributed by atoms with Crippen molar-refractivity contribution in [3.05, 3.63) is 71.3 Å². The molecule has 112 valence electrons. The van der Waals surface area contributed by atoms with E-state index in [1.54, 1.807) is 6.92 Å². The molecule has 1 aliphatic heterocycles. The van der Waals surface area contributed by atoms with E-state index >= 15 is 0 Å². The van der Waals surface area contributed by atoms with E-state index in [0.29, 0.717) is 0 Å². The van der Waals surface area contributed by atoms with Gasteiger partial charge in [-0.05, 0) is 25.0 Å². The molecule has 0 aromatic heterocycles. The number of hydrogen-bond donors (Lipinski definition) is 1. The Morgan fingerprint density at radius 1 is 1.05 bits per heavy atom. The van der Waals surface area contributed by atoms with E-state index in [9.17, 15) is 9.59 Å². The number of aryl methyl sites for hydroxylation is 1. The van der Waals surface area contributed by atoms with Crippen LogP contribution in [0.1, 0.15) is 23.6 Å². The van der Waals surface area contributed by atoms with E-state index in [1.165, 1.54) is 4.90 Å². The number of carbonyl (C=O) groups excluding carboxylic acids is 2. The van der Waals surface area contributed by atoms with Gasteiger partial charge in [0.2, 0.25) is 0 Å². The van der Waals surface area contributed by atoms with Gasteiger partial charge in [0.05, 0.1) is 6.54 Å². The van der Waals surface area contributed by atoms with Gasteiger partial charge in [-0.15, -0.1) is 0 Å². The van der Waals surface area contributed by atoms with Crippen molar-refractivity contribution < 1.29 is 9.59 Å². The van der Waals surface area contributed by atoms with Crippen molar-refractivity contribution >= 4 is 11.9 Å². The number of rotatable bonds is 3. The molecular weight excluding hydrogens is 276 g/mol. The fourth-order valence-corrected chi connectivity index (χ4v) is 2.80. The van der Waals surface area contributed by atoms with Gasteiger partial charge in [-0.2, -0.15) is 0 Å². The lowest BCUT2D eigenvalue weighted by Gasteiger charge is -2.22. The van der Waals surface area contributed by atoms with Gasteiger partial charge in [0, 0.05) is 0 Å². The molecule has 4 heteroatoms. The maximum atomic E-state index is 12.8. The SMILES string of the molecule is Cc1cccc(CN2C(=O)N[C@](C)(c3ccccc3)C2=O)c1. The van der Waals surface area contributed by atoms with E-state index in [-0.39, 0.29) is 18.5 Å². The Kier molecular flexibility index (Phi) is 3.45.